The smallest absolute Gasteiger partial charge is 0.240 e. The van der Waals surface area contributed by atoms with Crippen molar-refractivity contribution in [1.82, 2.24) is 9.62 Å². The Morgan fingerprint density at radius 1 is 1.04 bits per heavy atom. The molecule has 0 atom stereocenters. The molecule has 1 aliphatic heterocycles. The minimum atomic E-state index is -3.51. The first-order valence-electron chi connectivity index (χ1n) is 9.28. The van der Waals surface area contributed by atoms with Gasteiger partial charge >= 0.3 is 0 Å². The summed E-state index contributed by atoms with van der Waals surface area (Å²) < 4.78 is 41.1. The van der Waals surface area contributed by atoms with E-state index in [0.717, 1.165) is 0 Å². The largest absolute Gasteiger partial charge is 0.324 e. The van der Waals surface area contributed by atoms with Crippen LogP contribution in [0.15, 0.2) is 59.5 Å². The number of carbonyl (C=O) groups is 1. The molecule has 1 saturated heterocycles. The van der Waals surface area contributed by atoms with Gasteiger partial charge in [0, 0.05) is 19.0 Å². The van der Waals surface area contributed by atoms with Gasteiger partial charge in [-0.15, -0.1) is 0 Å². The van der Waals surface area contributed by atoms with E-state index in [2.05, 4.69) is 14.9 Å². The Morgan fingerprint density at radius 2 is 1.68 bits per heavy atom. The number of halogens is 1. The molecule has 8 heteroatoms. The molecule has 1 aliphatic rings. The molecule has 1 heterocycles. The zero-order chi connectivity index (χ0) is 20.0. The predicted octanol–water partition coefficient (Wildman–Crippen LogP) is 2.60. The Labute approximate surface area is 164 Å². The summed E-state index contributed by atoms with van der Waals surface area (Å²) in [6, 6.07) is 14.3. The molecule has 0 aromatic heterocycles. The Kier molecular flexibility index (Phi) is 6.77. The van der Waals surface area contributed by atoms with Crippen molar-refractivity contribution in [3.63, 3.8) is 0 Å². The molecule has 6 nitrogen and oxygen atoms in total. The summed E-state index contributed by atoms with van der Waals surface area (Å²) in [5, 5.41) is 2.58. The number of likely N-dealkylation sites (tertiary alicyclic amines) is 1. The number of amides is 1. The van der Waals surface area contributed by atoms with Crippen LogP contribution in [0.1, 0.15) is 19.3 Å². The normalized spacial score (nSPS) is 16.0. The van der Waals surface area contributed by atoms with Gasteiger partial charge in [-0.3, -0.25) is 4.79 Å². The predicted molar refractivity (Wildman–Crippen MR) is 106 cm³/mol. The second kappa shape index (κ2) is 9.27. The molecule has 2 N–H and O–H groups in total. The maximum absolute atomic E-state index is 13.6. The fraction of sp³-hybridized carbons (Fsp3) is 0.350. The Hall–Kier alpha value is -2.29. The molecule has 0 saturated carbocycles. The molecular weight excluding hydrogens is 381 g/mol. The highest BCUT2D eigenvalue weighted by Crippen LogP contribution is 2.16. The highest BCUT2D eigenvalue weighted by molar-refractivity contribution is 7.89. The lowest BCUT2D eigenvalue weighted by Gasteiger charge is -2.32. The Morgan fingerprint density at radius 3 is 2.36 bits per heavy atom. The minimum Gasteiger partial charge on any atom is -0.324 e. The number of sulfonamides is 1. The zero-order valence-corrected chi connectivity index (χ0v) is 16.3. The van der Waals surface area contributed by atoms with Crippen LogP contribution in [0.3, 0.4) is 0 Å². The van der Waals surface area contributed by atoms with Gasteiger partial charge in [0.1, 0.15) is 5.82 Å². The average molecular weight is 405 g/mol. The van der Waals surface area contributed by atoms with E-state index in [-0.39, 0.29) is 29.0 Å². The number of piperidine rings is 1. The van der Waals surface area contributed by atoms with Crippen molar-refractivity contribution in [1.29, 1.82) is 0 Å². The molecule has 3 rings (SSSR count). The molecule has 1 amide bonds. The van der Waals surface area contributed by atoms with Gasteiger partial charge in [-0.05, 0) is 50.2 Å². The maximum Gasteiger partial charge on any atom is 0.240 e. The van der Waals surface area contributed by atoms with E-state index in [9.17, 15) is 17.6 Å². The van der Waals surface area contributed by atoms with E-state index >= 15 is 0 Å². The first kappa shape index (κ1) is 20.4. The summed E-state index contributed by atoms with van der Waals surface area (Å²) in [6.45, 7) is 1.96. The number of para-hydroxylation sites is 1. The van der Waals surface area contributed by atoms with Gasteiger partial charge in [0.2, 0.25) is 15.9 Å². The van der Waals surface area contributed by atoms with Crippen molar-refractivity contribution in [2.75, 3.05) is 25.0 Å². The number of nitrogens with zero attached hydrogens (tertiary/aromatic N) is 1. The number of hydrogen-bond acceptors (Lipinski definition) is 4. The van der Waals surface area contributed by atoms with Gasteiger partial charge in [-0.1, -0.05) is 30.3 Å². The van der Waals surface area contributed by atoms with Gasteiger partial charge in [-0.25, -0.2) is 17.5 Å². The van der Waals surface area contributed by atoms with Crippen molar-refractivity contribution in [3.8, 4) is 0 Å². The van der Waals surface area contributed by atoms with E-state index < -0.39 is 15.8 Å². The topological polar surface area (TPSA) is 78.5 Å². The lowest BCUT2D eigenvalue weighted by Crippen LogP contribution is -2.45. The fourth-order valence-electron chi connectivity index (χ4n) is 3.20. The molecule has 0 spiro atoms. The summed E-state index contributed by atoms with van der Waals surface area (Å²) in [4.78, 5) is 14.4. The third kappa shape index (κ3) is 5.60. The molecule has 1 fully saturated rings. The van der Waals surface area contributed by atoms with E-state index in [0.29, 0.717) is 32.5 Å². The quantitative estimate of drug-likeness (QED) is 0.742. The molecule has 0 unspecified atom stereocenters. The molecule has 0 aliphatic carbocycles. The number of benzene rings is 2. The minimum absolute atomic E-state index is 0.117. The average Bonchev–Trinajstić information content (AvgIpc) is 2.70. The summed E-state index contributed by atoms with van der Waals surface area (Å²) >= 11 is 0. The van der Waals surface area contributed by atoms with Crippen LogP contribution < -0.4 is 10.0 Å². The monoisotopic (exact) mass is 405 g/mol. The summed E-state index contributed by atoms with van der Waals surface area (Å²) in [6.07, 6.45) is 1.62. The molecular formula is C20H24FN3O3S. The van der Waals surface area contributed by atoms with Gasteiger partial charge in [0.05, 0.1) is 10.6 Å². The van der Waals surface area contributed by atoms with E-state index in [1.54, 1.807) is 42.5 Å². The fourth-order valence-corrected chi connectivity index (χ4v) is 4.52. The van der Waals surface area contributed by atoms with Crippen LogP contribution in [-0.4, -0.2) is 44.9 Å². The highest BCUT2D eigenvalue weighted by Gasteiger charge is 2.24. The molecule has 2 aromatic rings. The molecule has 28 heavy (non-hydrogen) atoms. The van der Waals surface area contributed by atoms with Gasteiger partial charge in [0.25, 0.3) is 0 Å². The molecule has 2 aromatic carbocycles. The van der Waals surface area contributed by atoms with Crippen LogP contribution in [0.25, 0.3) is 0 Å². The summed E-state index contributed by atoms with van der Waals surface area (Å²) in [7, 11) is -3.51. The first-order chi connectivity index (χ1) is 13.4. The first-order valence-corrected chi connectivity index (χ1v) is 10.8. The van der Waals surface area contributed by atoms with Crippen LogP contribution in [0, 0.1) is 5.82 Å². The van der Waals surface area contributed by atoms with E-state index in [1.807, 2.05) is 0 Å². The SMILES string of the molecule is O=C(CCN1CCC(NS(=O)(=O)c2ccccc2)CC1)Nc1ccccc1F. The van der Waals surface area contributed by atoms with Crippen molar-refractivity contribution >= 4 is 21.6 Å². The second-order valence-electron chi connectivity index (χ2n) is 6.83. The molecule has 0 bridgehead atoms. The third-order valence-corrected chi connectivity index (χ3v) is 6.30. The van der Waals surface area contributed by atoms with Crippen molar-refractivity contribution in [2.24, 2.45) is 0 Å². The lowest BCUT2D eigenvalue weighted by atomic mass is 10.1. The Bertz CT molecular complexity index is 898. The van der Waals surface area contributed by atoms with Crippen LogP contribution in [0.5, 0.6) is 0 Å². The van der Waals surface area contributed by atoms with Crippen LogP contribution >= 0.6 is 0 Å². The maximum atomic E-state index is 13.6. The number of nitrogens with one attached hydrogen (secondary N) is 2. The van der Waals surface area contributed by atoms with Crippen LogP contribution in [0.2, 0.25) is 0 Å². The number of carbonyl (C=O) groups excluding carboxylic acids is 1. The lowest BCUT2D eigenvalue weighted by molar-refractivity contribution is -0.116. The van der Waals surface area contributed by atoms with Gasteiger partial charge in [0.15, 0.2) is 0 Å². The van der Waals surface area contributed by atoms with E-state index in [4.69, 9.17) is 0 Å². The standard InChI is InChI=1S/C20H24FN3O3S/c21-18-8-4-5-9-19(18)22-20(25)12-15-24-13-10-16(11-14-24)23-28(26,27)17-6-2-1-3-7-17/h1-9,16,23H,10-15H2,(H,22,25). The van der Waals surface area contributed by atoms with E-state index in [1.165, 1.54) is 12.1 Å². The number of hydrogen-bond donors (Lipinski definition) is 2. The van der Waals surface area contributed by atoms with Gasteiger partial charge in [-0.2, -0.15) is 0 Å². The summed E-state index contributed by atoms with van der Waals surface area (Å²) in [5.74, 6) is -0.695. The van der Waals surface area contributed by atoms with Crippen molar-refractivity contribution < 1.29 is 17.6 Å². The molecule has 150 valence electrons. The second-order valence-corrected chi connectivity index (χ2v) is 8.54. The number of rotatable bonds is 7. The van der Waals surface area contributed by atoms with Crippen LogP contribution in [-0.2, 0) is 14.8 Å². The Balaban J connectivity index is 1.42. The highest BCUT2D eigenvalue weighted by atomic mass is 32.2. The van der Waals surface area contributed by atoms with Crippen molar-refractivity contribution in [2.45, 2.75) is 30.2 Å². The van der Waals surface area contributed by atoms with Crippen molar-refractivity contribution in [3.05, 3.63) is 60.4 Å². The third-order valence-electron chi connectivity index (χ3n) is 4.77. The zero-order valence-electron chi connectivity index (χ0n) is 15.5. The molecule has 0 radical (unpaired) electrons. The van der Waals surface area contributed by atoms with Gasteiger partial charge < -0.3 is 10.2 Å². The van der Waals surface area contributed by atoms with Crippen LogP contribution in [0.4, 0.5) is 10.1 Å². The summed E-state index contributed by atoms with van der Waals surface area (Å²) in [5.41, 5.74) is 0.182. The number of anilines is 1.